The zero-order valence-electron chi connectivity index (χ0n) is 16.0. The maximum Gasteiger partial charge on any atom is 0.229 e. The summed E-state index contributed by atoms with van der Waals surface area (Å²) in [6, 6.07) is 19.1. The number of aliphatic hydroxyl groups excluding tert-OH is 1. The SMILES string of the molecule is CN(C)C[C@@H](O)COc1ccc(Nc2nccc(Nc3ccccc3)n2)cc1. The Labute approximate surface area is 165 Å². The smallest absolute Gasteiger partial charge is 0.229 e. The number of aliphatic hydroxyl groups is 1. The largest absolute Gasteiger partial charge is 0.491 e. The van der Waals surface area contributed by atoms with Crippen LogP contribution in [0.25, 0.3) is 0 Å². The molecular formula is C21H25N5O2. The minimum Gasteiger partial charge on any atom is -0.491 e. The van der Waals surface area contributed by atoms with Crippen LogP contribution in [0.15, 0.2) is 66.9 Å². The van der Waals surface area contributed by atoms with Gasteiger partial charge in [0.2, 0.25) is 5.95 Å². The fourth-order valence-corrected chi connectivity index (χ4v) is 2.59. The fraction of sp³-hybridized carbons (Fsp3) is 0.238. The molecule has 0 spiro atoms. The van der Waals surface area contributed by atoms with E-state index in [4.69, 9.17) is 4.74 Å². The first-order valence-electron chi connectivity index (χ1n) is 9.06. The Morgan fingerprint density at radius 2 is 1.68 bits per heavy atom. The molecule has 1 heterocycles. The lowest BCUT2D eigenvalue weighted by atomic mass is 10.3. The number of benzene rings is 2. The van der Waals surface area contributed by atoms with Crippen molar-refractivity contribution in [1.29, 1.82) is 0 Å². The maximum atomic E-state index is 9.86. The minimum atomic E-state index is -0.527. The van der Waals surface area contributed by atoms with Crippen molar-refractivity contribution < 1.29 is 9.84 Å². The first-order valence-corrected chi connectivity index (χ1v) is 9.06. The van der Waals surface area contributed by atoms with Gasteiger partial charge in [-0.3, -0.25) is 0 Å². The zero-order chi connectivity index (χ0) is 19.8. The van der Waals surface area contributed by atoms with Crippen LogP contribution < -0.4 is 15.4 Å². The monoisotopic (exact) mass is 379 g/mol. The van der Waals surface area contributed by atoms with Gasteiger partial charge >= 0.3 is 0 Å². The summed E-state index contributed by atoms with van der Waals surface area (Å²) in [7, 11) is 3.83. The topological polar surface area (TPSA) is 82.5 Å². The van der Waals surface area contributed by atoms with Crippen LogP contribution in [0, 0.1) is 0 Å². The summed E-state index contributed by atoms with van der Waals surface area (Å²) in [4.78, 5) is 10.6. The molecule has 0 unspecified atom stereocenters. The molecule has 7 nitrogen and oxygen atoms in total. The van der Waals surface area contributed by atoms with E-state index in [2.05, 4.69) is 20.6 Å². The Morgan fingerprint density at radius 1 is 0.964 bits per heavy atom. The number of hydrogen-bond acceptors (Lipinski definition) is 7. The van der Waals surface area contributed by atoms with E-state index in [1.807, 2.05) is 79.7 Å². The van der Waals surface area contributed by atoms with Crippen LogP contribution >= 0.6 is 0 Å². The predicted octanol–water partition coefficient (Wildman–Crippen LogP) is 3.27. The van der Waals surface area contributed by atoms with Gasteiger partial charge in [0.05, 0.1) is 0 Å². The van der Waals surface area contributed by atoms with Gasteiger partial charge in [0, 0.05) is 24.1 Å². The van der Waals surface area contributed by atoms with Crippen LogP contribution in [0.5, 0.6) is 5.75 Å². The molecule has 0 saturated carbocycles. The van der Waals surface area contributed by atoms with Crippen molar-refractivity contribution in [1.82, 2.24) is 14.9 Å². The molecule has 0 aliphatic heterocycles. The first kappa shape index (κ1) is 19.6. The third-order valence-electron chi connectivity index (χ3n) is 3.83. The lowest BCUT2D eigenvalue weighted by Crippen LogP contribution is -2.30. The molecule has 1 atom stereocenters. The van der Waals surface area contributed by atoms with E-state index in [9.17, 15) is 5.11 Å². The summed E-state index contributed by atoms with van der Waals surface area (Å²) in [6.45, 7) is 0.811. The molecule has 0 fully saturated rings. The van der Waals surface area contributed by atoms with Gasteiger partial charge in [-0.2, -0.15) is 4.98 Å². The number of nitrogens with zero attached hydrogens (tertiary/aromatic N) is 3. The molecule has 0 aliphatic rings. The van der Waals surface area contributed by atoms with E-state index >= 15 is 0 Å². The number of anilines is 4. The highest BCUT2D eigenvalue weighted by Gasteiger charge is 2.07. The van der Waals surface area contributed by atoms with Gasteiger partial charge in [-0.15, -0.1) is 0 Å². The molecule has 0 saturated heterocycles. The van der Waals surface area contributed by atoms with Gasteiger partial charge in [-0.25, -0.2) is 4.98 Å². The Kier molecular flexibility index (Phi) is 6.78. The lowest BCUT2D eigenvalue weighted by molar-refractivity contribution is 0.0831. The van der Waals surface area contributed by atoms with Gasteiger partial charge in [0.15, 0.2) is 0 Å². The van der Waals surface area contributed by atoms with Crippen molar-refractivity contribution in [2.24, 2.45) is 0 Å². The van der Waals surface area contributed by atoms with E-state index < -0.39 is 6.10 Å². The molecule has 3 N–H and O–H groups in total. The van der Waals surface area contributed by atoms with E-state index in [1.54, 1.807) is 6.20 Å². The van der Waals surface area contributed by atoms with E-state index in [-0.39, 0.29) is 6.61 Å². The Hall–Kier alpha value is -3.16. The Balaban J connectivity index is 1.56. The van der Waals surface area contributed by atoms with Gasteiger partial charge in [-0.1, -0.05) is 18.2 Å². The number of rotatable bonds is 9. The van der Waals surface area contributed by atoms with Gasteiger partial charge < -0.3 is 25.4 Å². The summed E-state index contributed by atoms with van der Waals surface area (Å²) >= 11 is 0. The molecule has 3 rings (SSSR count). The molecule has 28 heavy (non-hydrogen) atoms. The lowest BCUT2D eigenvalue weighted by Gasteiger charge is -2.16. The Morgan fingerprint density at radius 3 is 2.39 bits per heavy atom. The third kappa shape index (κ3) is 6.22. The summed E-state index contributed by atoms with van der Waals surface area (Å²) in [5, 5.41) is 16.3. The molecule has 0 bridgehead atoms. The molecule has 0 aliphatic carbocycles. The number of hydrogen-bond donors (Lipinski definition) is 3. The quantitative estimate of drug-likeness (QED) is 0.526. The molecular weight excluding hydrogens is 354 g/mol. The highest BCUT2D eigenvalue weighted by atomic mass is 16.5. The highest BCUT2D eigenvalue weighted by Crippen LogP contribution is 2.20. The van der Waals surface area contributed by atoms with Crippen molar-refractivity contribution in [3.05, 3.63) is 66.9 Å². The average molecular weight is 379 g/mol. The van der Waals surface area contributed by atoms with E-state index in [1.165, 1.54) is 0 Å². The minimum absolute atomic E-state index is 0.251. The average Bonchev–Trinajstić information content (AvgIpc) is 2.68. The van der Waals surface area contributed by atoms with Crippen LogP contribution in [-0.2, 0) is 0 Å². The van der Waals surface area contributed by atoms with Crippen molar-refractivity contribution >= 4 is 23.1 Å². The van der Waals surface area contributed by atoms with E-state index in [0.29, 0.717) is 24.1 Å². The second-order valence-electron chi connectivity index (χ2n) is 6.63. The second kappa shape index (κ2) is 9.68. The molecule has 146 valence electrons. The van der Waals surface area contributed by atoms with Crippen LogP contribution in [0.2, 0.25) is 0 Å². The number of para-hydroxylation sites is 1. The van der Waals surface area contributed by atoms with Gasteiger partial charge in [0.1, 0.15) is 24.3 Å². The maximum absolute atomic E-state index is 9.86. The molecule has 0 radical (unpaired) electrons. The fourth-order valence-electron chi connectivity index (χ4n) is 2.59. The number of aromatic nitrogens is 2. The third-order valence-corrected chi connectivity index (χ3v) is 3.83. The van der Waals surface area contributed by atoms with Crippen molar-refractivity contribution in [2.45, 2.75) is 6.10 Å². The number of nitrogens with one attached hydrogen (secondary N) is 2. The molecule has 1 aromatic heterocycles. The molecule has 2 aromatic carbocycles. The highest BCUT2D eigenvalue weighted by molar-refractivity contribution is 5.59. The first-order chi connectivity index (χ1) is 13.6. The normalized spacial score (nSPS) is 11.9. The second-order valence-corrected chi connectivity index (χ2v) is 6.63. The molecule has 0 amide bonds. The predicted molar refractivity (Wildman–Crippen MR) is 112 cm³/mol. The van der Waals surface area contributed by atoms with Gasteiger partial charge in [-0.05, 0) is 56.6 Å². The summed E-state index contributed by atoms with van der Waals surface area (Å²) in [5.41, 5.74) is 1.81. The summed E-state index contributed by atoms with van der Waals surface area (Å²) < 4.78 is 5.61. The van der Waals surface area contributed by atoms with Gasteiger partial charge in [0.25, 0.3) is 0 Å². The van der Waals surface area contributed by atoms with Crippen molar-refractivity contribution in [3.63, 3.8) is 0 Å². The van der Waals surface area contributed by atoms with Crippen LogP contribution in [0.3, 0.4) is 0 Å². The number of ether oxygens (including phenoxy) is 1. The van der Waals surface area contributed by atoms with Crippen LogP contribution in [0.1, 0.15) is 0 Å². The Bertz CT molecular complexity index is 856. The van der Waals surface area contributed by atoms with E-state index in [0.717, 1.165) is 11.4 Å². The summed E-state index contributed by atoms with van der Waals surface area (Å²) in [5.74, 6) is 1.90. The van der Waals surface area contributed by atoms with Crippen molar-refractivity contribution in [2.75, 3.05) is 37.9 Å². The standard InChI is InChI=1S/C21H25N5O2/c1-26(2)14-18(27)15-28-19-10-8-17(9-11-19)24-21-22-13-12-20(25-21)23-16-6-4-3-5-7-16/h3-13,18,27H,14-15H2,1-2H3,(H2,22,23,24,25)/t18-/m1/s1. The molecule has 3 aromatic rings. The zero-order valence-corrected chi connectivity index (χ0v) is 16.0. The van der Waals surface area contributed by atoms with Crippen molar-refractivity contribution in [3.8, 4) is 5.75 Å². The van der Waals surface area contributed by atoms with Crippen LogP contribution in [-0.4, -0.2) is 53.3 Å². The summed E-state index contributed by atoms with van der Waals surface area (Å²) in [6.07, 6.45) is 1.17. The van der Waals surface area contributed by atoms with Crippen LogP contribution in [0.4, 0.5) is 23.1 Å². The molecule has 7 heteroatoms. The number of likely N-dealkylation sites (N-methyl/N-ethyl adjacent to an activating group) is 1.